The first kappa shape index (κ1) is 16.2. The van der Waals surface area contributed by atoms with Gasteiger partial charge >= 0.3 is 0 Å². The second-order valence-corrected chi connectivity index (χ2v) is 8.66. The maximum atomic E-state index is 12.6. The number of aromatic nitrogens is 1. The van der Waals surface area contributed by atoms with Gasteiger partial charge in [-0.1, -0.05) is 0 Å². The molecular weight excluding hydrogens is 290 g/mol. The summed E-state index contributed by atoms with van der Waals surface area (Å²) in [5, 5.41) is 0.0577. The van der Waals surface area contributed by atoms with E-state index in [2.05, 4.69) is 4.98 Å². The molecule has 2 rings (SSSR count). The van der Waals surface area contributed by atoms with Gasteiger partial charge in [0.05, 0.1) is 24.1 Å². The maximum absolute atomic E-state index is 12.6. The summed E-state index contributed by atoms with van der Waals surface area (Å²) in [6.07, 6.45) is 2.16. The molecule has 1 atom stereocenters. The number of hydrogen-bond donors (Lipinski definition) is 0. The Morgan fingerprint density at radius 3 is 2.57 bits per heavy atom. The van der Waals surface area contributed by atoms with Crippen LogP contribution in [0.1, 0.15) is 34.1 Å². The van der Waals surface area contributed by atoms with Gasteiger partial charge in [-0.2, -0.15) is 0 Å². The van der Waals surface area contributed by atoms with Crippen LogP contribution >= 0.6 is 0 Å². The van der Waals surface area contributed by atoms with Crippen LogP contribution in [0.4, 0.5) is 0 Å². The largest absolute Gasteiger partial charge is 0.497 e. The topological polar surface area (TPSA) is 65.5 Å². The summed E-state index contributed by atoms with van der Waals surface area (Å²) in [4.78, 5) is 3.98. The maximum Gasteiger partial charge on any atom is 0.196 e. The second kappa shape index (κ2) is 5.25. The molecule has 0 radical (unpaired) electrons. The first-order chi connectivity index (χ1) is 9.56. The molecule has 1 aromatic rings. The molecule has 1 unspecified atom stereocenters. The van der Waals surface area contributed by atoms with Crippen LogP contribution in [0, 0.1) is 5.92 Å². The van der Waals surface area contributed by atoms with Crippen molar-refractivity contribution < 1.29 is 17.9 Å². The molecule has 21 heavy (non-hydrogen) atoms. The molecule has 1 aliphatic heterocycles. The van der Waals surface area contributed by atoms with E-state index in [1.165, 1.54) is 19.4 Å². The third-order valence-corrected chi connectivity index (χ3v) is 5.64. The molecule has 0 saturated carbocycles. The van der Waals surface area contributed by atoms with E-state index >= 15 is 0 Å². The van der Waals surface area contributed by atoms with Crippen LogP contribution in [0.5, 0.6) is 5.75 Å². The SMILES string of the molecule is COc1ccnc(S(=O)(=O)CC2CC(C)(C)OC2(C)C)c1. The normalized spacial score (nSPS) is 24.0. The van der Waals surface area contributed by atoms with Gasteiger partial charge in [-0.25, -0.2) is 13.4 Å². The summed E-state index contributed by atoms with van der Waals surface area (Å²) >= 11 is 0. The van der Waals surface area contributed by atoms with Crippen molar-refractivity contribution in [2.75, 3.05) is 12.9 Å². The average molecular weight is 313 g/mol. The minimum Gasteiger partial charge on any atom is -0.497 e. The van der Waals surface area contributed by atoms with Crippen molar-refractivity contribution >= 4 is 9.84 Å². The number of ether oxygens (including phenoxy) is 2. The second-order valence-electron chi connectivity index (χ2n) is 6.68. The van der Waals surface area contributed by atoms with Crippen LogP contribution in [0.25, 0.3) is 0 Å². The summed E-state index contributed by atoms with van der Waals surface area (Å²) in [6.45, 7) is 7.87. The lowest BCUT2D eigenvalue weighted by Gasteiger charge is -2.27. The number of nitrogens with zero attached hydrogens (tertiary/aromatic N) is 1. The lowest BCUT2D eigenvalue weighted by atomic mass is 9.89. The Morgan fingerprint density at radius 1 is 1.38 bits per heavy atom. The minimum atomic E-state index is -3.47. The van der Waals surface area contributed by atoms with Crippen molar-refractivity contribution in [3.8, 4) is 5.75 Å². The molecule has 1 aliphatic rings. The molecule has 2 heterocycles. The molecule has 0 aromatic carbocycles. The molecule has 1 aromatic heterocycles. The van der Waals surface area contributed by atoms with Crippen LogP contribution in [0.2, 0.25) is 0 Å². The lowest BCUT2D eigenvalue weighted by Crippen LogP contribution is -2.33. The molecule has 0 N–H and O–H groups in total. The fourth-order valence-corrected chi connectivity index (χ4v) is 4.71. The smallest absolute Gasteiger partial charge is 0.196 e. The van der Waals surface area contributed by atoms with Crippen molar-refractivity contribution in [2.24, 2.45) is 5.92 Å². The van der Waals surface area contributed by atoms with Gasteiger partial charge in [0.1, 0.15) is 5.75 Å². The summed E-state index contributed by atoms with van der Waals surface area (Å²) in [7, 11) is -1.97. The minimum absolute atomic E-state index is 0.0313. The summed E-state index contributed by atoms with van der Waals surface area (Å²) < 4.78 is 36.2. The fraction of sp³-hybridized carbons (Fsp3) is 0.667. The summed E-state index contributed by atoms with van der Waals surface area (Å²) in [5.41, 5.74) is -0.763. The summed E-state index contributed by atoms with van der Waals surface area (Å²) in [6, 6.07) is 3.09. The van der Waals surface area contributed by atoms with E-state index < -0.39 is 15.4 Å². The molecule has 1 saturated heterocycles. The Morgan fingerprint density at radius 2 is 2.05 bits per heavy atom. The predicted octanol–water partition coefficient (Wildman–Crippen LogP) is 2.46. The lowest BCUT2D eigenvalue weighted by molar-refractivity contribution is -0.0726. The molecule has 6 heteroatoms. The van der Waals surface area contributed by atoms with Gasteiger partial charge < -0.3 is 9.47 Å². The highest BCUT2D eigenvalue weighted by molar-refractivity contribution is 7.91. The average Bonchev–Trinajstić information content (AvgIpc) is 2.56. The highest BCUT2D eigenvalue weighted by Gasteiger charge is 2.47. The van der Waals surface area contributed by atoms with Gasteiger partial charge in [0, 0.05) is 18.2 Å². The van der Waals surface area contributed by atoms with Gasteiger partial charge in [0.25, 0.3) is 0 Å². The van der Waals surface area contributed by atoms with E-state index in [4.69, 9.17) is 9.47 Å². The van der Waals surface area contributed by atoms with Gasteiger partial charge in [-0.15, -0.1) is 0 Å². The Hall–Kier alpha value is -1.14. The molecular formula is C15H23NO4S. The van der Waals surface area contributed by atoms with Crippen molar-refractivity contribution in [2.45, 2.75) is 50.3 Å². The molecule has 0 spiro atoms. The Kier molecular flexibility index (Phi) is 4.06. The zero-order valence-corrected chi connectivity index (χ0v) is 14.0. The number of methoxy groups -OCH3 is 1. The number of pyridine rings is 1. The molecule has 118 valence electrons. The van der Waals surface area contributed by atoms with Crippen LogP contribution in [0.15, 0.2) is 23.4 Å². The number of rotatable bonds is 4. The van der Waals surface area contributed by atoms with Crippen molar-refractivity contribution in [3.63, 3.8) is 0 Å². The quantitative estimate of drug-likeness (QED) is 0.854. The van der Waals surface area contributed by atoms with E-state index in [1.54, 1.807) is 6.07 Å². The third kappa shape index (κ3) is 3.55. The first-order valence-corrected chi connectivity index (χ1v) is 8.64. The van der Waals surface area contributed by atoms with Crippen molar-refractivity contribution in [1.82, 2.24) is 4.98 Å². The van der Waals surface area contributed by atoms with Crippen LogP contribution < -0.4 is 4.74 Å². The Labute approximate surface area is 126 Å². The monoisotopic (exact) mass is 313 g/mol. The molecule has 1 fully saturated rings. The van der Waals surface area contributed by atoms with Gasteiger partial charge in [-0.05, 0) is 40.2 Å². The summed E-state index contributed by atoms with van der Waals surface area (Å²) in [5.74, 6) is 0.459. The Bertz CT molecular complexity index is 622. The molecule has 0 amide bonds. The van der Waals surface area contributed by atoms with Crippen molar-refractivity contribution in [3.05, 3.63) is 18.3 Å². The highest BCUT2D eigenvalue weighted by Crippen LogP contribution is 2.43. The van der Waals surface area contributed by atoms with Gasteiger partial charge in [0.15, 0.2) is 14.9 Å². The predicted molar refractivity (Wildman–Crippen MR) is 80.2 cm³/mol. The molecule has 0 aliphatic carbocycles. The van der Waals surface area contributed by atoms with E-state index in [0.29, 0.717) is 12.2 Å². The number of hydrogen-bond acceptors (Lipinski definition) is 5. The van der Waals surface area contributed by atoms with Crippen LogP contribution in [0.3, 0.4) is 0 Å². The van der Waals surface area contributed by atoms with Crippen molar-refractivity contribution in [1.29, 1.82) is 0 Å². The number of sulfone groups is 1. The molecule has 0 bridgehead atoms. The zero-order valence-electron chi connectivity index (χ0n) is 13.2. The fourth-order valence-electron chi connectivity index (χ4n) is 2.97. The van der Waals surface area contributed by atoms with Crippen LogP contribution in [-0.4, -0.2) is 37.5 Å². The van der Waals surface area contributed by atoms with Gasteiger partial charge in [-0.3, -0.25) is 0 Å². The van der Waals surface area contributed by atoms with Crippen LogP contribution in [-0.2, 0) is 14.6 Å². The van der Waals surface area contributed by atoms with E-state index in [9.17, 15) is 8.42 Å². The highest BCUT2D eigenvalue weighted by atomic mass is 32.2. The van der Waals surface area contributed by atoms with E-state index in [0.717, 1.165) is 0 Å². The first-order valence-electron chi connectivity index (χ1n) is 6.99. The standard InChI is InChI=1S/C15H23NO4S/c1-14(2)9-11(15(3,4)20-14)10-21(17,18)13-8-12(19-5)6-7-16-13/h6-8,11H,9-10H2,1-5H3. The van der Waals surface area contributed by atoms with E-state index in [1.807, 2.05) is 27.7 Å². The molecule has 5 nitrogen and oxygen atoms in total. The van der Waals surface area contributed by atoms with Gasteiger partial charge in [0.2, 0.25) is 0 Å². The Balaban J connectivity index is 2.25. The third-order valence-electron chi connectivity index (χ3n) is 3.94. The zero-order chi connectivity index (χ0) is 15.9. The van der Waals surface area contributed by atoms with E-state index in [-0.39, 0.29) is 22.3 Å².